The van der Waals surface area contributed by atoms with E-state index in [1.807, 2.05) is 0 Å². The van der Waals surface area contributed by atoms with Crippen LogP contribution in [0.2, 0.25) is 0 Å². The molecule has 1 aromatic rings. The number of carbonyl (C=O) groups excluding carboxylic acids is 1. The monoisotopic (exact) mass is 295 g/mol. The largest absolute Gasteiger partial charge is 0.393 e. The van der Waals surface area contributed by atoms with Gasteiger partial charge in [0.05, 0.1) is 6.10 Å². The van der Waals surface area contributed by atoms with Crippen LogP contribution >= 0.6 is 0 Å². The van der Waals surface area contributed by atoms with Crippen LogP contribution in [-0.4, -0.2) is 35.1 Å². The van der Waals surface area contributed by atoms with Crippen molar-refractivity contribution in [2.75, 3.05) is 7.05 Å². The van der Waals surface area contributed by atoms with Crippen LogP contribution in [0.15, 0.2) is 18.2 Å². The predicted octanol–water partition coefficient (Wildman–Crippen LogP) is 2.59. The van der Waals surface area contributed by atoms with Crippen molar-refractivity contribution >= 4 is 5.91 Å². The smallest absolute Gasteiger partial charge is 0.259 e. The number of nitrogens with zero attached hydrogens (tertiary/aromatic N) is 1. The lowest BCUT2D eigenvalue weighted by molar-refractivity contribution is 0.0712. The highest BCUT2D eigenvalue weighted by Crippen LogP contribution is 2.45. The summed E-state index contributed by atoms with van der Waals surface area (Å²) in [7, 11) is 1.61. The summed E-state index contributed by atoms with van der Waals surface area (Å²) in [6.45, 7) is 0. The zero-order chi connectivity index (χ0) is 15.1. The van der Waals surface area contributed by atoms with Crippen molar-refractivity contribution in [1.82, 2.24) is 4.90 Å². The van der Waals surface area contributed by atoms with Crippen molar-refractivity contribution in [2.45, 2.75) is 37.8 Å². The van der Waals surface area contributed by atoms with Gasteiger partial charge in [-0.2, -0.15) is 0 Å². The lowest BCUT2D eigenvalue weighted by Crippen LogP contribution is -2.37. The first-order valence-electron chi connectivity index (χ1n) is 7.36. The molecule has 1 amide bonds. The third-order valence-corrected chi connectivity index (χ3v) is 5.01. The third-order valence-electron chi connectivity index (χ3n) is 5.01. The van der Waals surface area contributed by atoms with Gasteiger partial charge in [-0.15, -0.1) is 0 Å². The maximum atomic E-state index is 13.7. The maximum absolute atomic E-state index is 13.7. The van der Waals surface area contributed by atoms with E-state index in [1.165, 1.54) is 11.0 Å². The quantitative estimate of drug-likeness (QED) is 0.911. The SMILES string of the molecule is CN(C(=O)c1c(F)cccc1F)C1C[C@H]2CC(O)C[C@H]2C1. The molecule has 0 aromatic heterocycles. The average molecular weight is 295 g/mol. The predicted molar refractivity (Wildman–Crippen MR) is 73.7 cm³/mol. The Balaban J connectivity index is 1.74. The third kappa shape index (κ3) is 2.55. The second kappa shape index (κ2) is 5.37. The number of benzene rings is 1. The minimum atomic E-state index is -0.819. The van der Waals surface area contributed by atoms with Gasteiger partial charge in [0.15, 0.2) is 0 Å². The van der Waals surface area contributed by atoms with Gasteiger partial charge in [-0.3, -0.25) is 4.79 Å². The molecule has 0 heterocycles. The Kier molecular flexibility index (Phi) is 3.69. The van der Waals surface area contributed by atoms with E-state index >= 15 is 0 Å². The van der Waals surface area contributed by atoms with Crippen LogP contribution in [0, 0.1) is 23.5 Å². The molecule has 0 bridgehead atoms. The Morgan fingerprint density at radius 1 is 1.14 bits per heavy atom. The fourth-order valence-electron chi connectivity index (χ4n) is 3.91. The molecule has 0 spiro atoms. The molecule has 0 saturated heterocycles. The molecule has 114 valence electrons. The summed E-state index contributed by atoms with van der Waals surface area (Å²) in [5, 5.41) is 9.64. The summed E-state index contributed by atoms with van der Waals surface area (Å²) in [5.41, 5.74) is -0.475. The lowest BCUT2D eigenvalue weighted by atomic mass is 10.0. The van der Waals surface area contributed by atoms with Gasteiger partial charge in [0, 0.05) is 13.1 Å². The second-order valence-corrected chi connectivity index (χ2v) is 6.28. The summed E-state index contributed by atoms with van der Waals surface area (Å²) in [6.07, 6.45) is 2.93. The van der Waals surface area contributed by atoms with Crippen molar-refractivity contribution < 1.29 is 18.7 Å². The van der Waals surface area contributed by atoms with Crippen LogP contribution in [0.3, 0.4) is 0 Å². The summed E-state index contributed by atoms with van der Waals surface area (Å²) < 4.78 is 27.4. The van der Waals surface area contributed by atoms with Crippen molar-refractivity contribution in [3.8, 4) is 0 Å². The Bertz CT molecular complexity index is 529. The normalized spacial score (nSPS) is 31.2. The summed E-state index contributed by atoms with van der Waals surface area (Å²) in [4.78, 5) is 13.8. The number of amides is 1. The molecular formula is C16H19F2NO2. The first kappa shape index (κ1) is 14.4. The Morgan fingerprint density at radius 3 is 2.19 bits per heavy atom. The van der Waals surface area contributed by atoms with E-state index in [1.54, 1.807) is 7.05 Å². The molecule has 2 aliphatic rings. The highest BCUT2D eigenvalue weighted by atomic mass is 19.1. The molecule has 21 heavy (non-hydrogen) atoms. The number of fused-ring (bicyclic) bond motifs is 1. The van der Waals surface area contributed by atoms with Crippen LogP contribution in [0.1, 0.15) is 36.0 Å². The minimum absolute atomic E-state index is 0.000920. The molecule has 1 N–H and O–H groups in total. The first-order chi connectivity index (χ1) is 9.97. The molecule has 5 heteroatoms. The number of halogens is 2. The van der Waals surface area contributed by atoms with E-state index < -0.39 is 23.1 Å². The minimum Gasteiger partial charge on any atom is -0.393 e. The van der Waals surface area contributed by atoms with Gasteiger partial charge >= 0.3 is 0 Å². The van der Waals surface area contributed by atoms with Crippen molar-refractivity contribution in [3.05, 3.63) is 35.4 Å². The highest BCUT2D eigenvalue weighted by Gasteiger charge is 2.43. The standard InChI is InChI=1S/C16H19F2NO2/c1-19(11-5-9-7-12(20)8-10(9)6-11)16(21)15-13(17)3-2-4-14(15)18/h2-4,9-12,20H,5-8H2,1H3/t9-,10+,11?,12?. The van der Waals surface area contributed by atoms with Crippen LogP contribution < -0.4 is 0 Å². The van der Waals surface area contributed by atoms with Crippen LogP contribution in [0.4, 0.5) is 8.78 Å². The lowest BCUT2D eigenvalue weighted by Gasteiger charge is -2.26. The molecule has 4 atom stereocenters. The summed E-state index contributed by atoms with van der Waals surface area (Å²) >= 11 is 0. The molecule has 3 nitrogen and oxygen atoms in total. The van der Waals surface area contributed by atoms with Gasteiger partial charge < -0.3 is 10.0 Å². The zero-order valence-corrected chi connectivity index (χ0v) is 11.9. The first-order valence-corrected chi connectivity index (χ1v) is 7.36. The van der Waals surface area contributed by atoms with Crippen LogP contribution in [0.5, 0.6) is 0 Å². The number of carbonyl (C=O) groups is 1. The molecule has 2 unspecified atom stereocenters. The second-order valence-electron chi connectivity index (χ2n) is 6.28. The van der Waals surface area contributed by atoms with Crippen molar-refractivity contribution in [3.63, 3.8) is 0 Å². The van der Waals surface area contributed by atoms with Gasteiger partial charge in [-0.1, -0.05) is 6.07 Å². The molecule has 0 radical (unpaired) electrons. The van der Waals surface area contributed by atoms with Gasteiger partial charge in [-0.25, -0.2) is 8.78 Å². The molecule has 2 aliphatic carbocycles. The summed E-state index contributed by atoms with van der Waals surface area (Å²) in [6, 6.07) is 3.45. The molecule has 1 aromatic carbocycles. The fraction of sp³-hybridized carbons (Fsp3) is 0.562. The summed E-state index contributed by atoms with van der Waals surface area (Å²) in [5.74, 6) is -1.39. The Hall–Kier alpha value is -1.49. The molecule has 3 rings (SSSR count). The Labute approximate surface area is 122 Å². The molecule has 2 saturated carbocycles. The van der Waals surface area contributed by atoms with Gasteiger partial charge in [0.1, 0.15) is 17.2 Å². The van der Waals surface area contributed by atoms with E-state index in [-0.39, 0.29) is 12.1 Å². The topological polar surface area (TPSA) is 40.5 Å². The van der Waals surface area contributed by atoms with E-state index in [2.05, 4.69) is 0 Å². The van der Waals surface area contributed by atoms with Gasteiger partial charge in [0.2, 0.25) is 0 Å². The number of rotatable bonds is 2. The molecule has 0 aliphatic heterocycles. The average Bonchev–Trinajstić information content (AvgIpc) is 2.94. The van der Waals surface area contributed by atoms with Crippen molar-refractivity contribution in [1.29, 1.82) is 0 Å². The number of hydrogen-bond acceptors (Lipinski definition) is 2. The van der Waals surface area contributed by atoms with E-state index in [9.17, 15) is 18.7 Å². The van der Waals surface area contributed by atoms with Crippen molar-refractivity contribution in [2.24, 2.45) is 11.8 Å². The number of aliphatic hydroxyl groups excluding tert-OH is 1. The van der Waals surface area contributed by atoms with E-state index in [4.69, 9.17) is 0 Å². The fourth-order valence-corrected chi connectivity index (χ4v) is 3.91. The molecular weight excluding hydrogens is 276 g/mol. The van der Waals surface area contributed by atoms with Gasteiger partial charge in [-0.05, 0) is 49.7 Å². The maximum Gasteiger partial charge on any atom is 0.259 e. The highest BCUT2D eigenvalue weighted by molar-refractivity contribution is 5.94. The van der Waals surface area contributed by atoms with E-state index in [0.717, 1.165) is 37.8 Å². The number of aliphatic hydroxyl groups is 1. The van der Waals surface area contributed by atoms with Gasteiger partial charge in [0.25, 0.3) is 5.91 Å². The Morgan fingerprint density at radius 2 is 1.67 bits per heavy atom. The van der Waals surface area contributed by atoms with Crippen LogP contribution in [0.25, 0.3) is 0 Å². The number of hydrogen-bond donors (Lipinski definition) is 1. The zero-order valence-electron chi connectivity index (χ0n) is 11.9. The molecule has 2 fully saturated rings. The van der Waals surface area contributed by atoms with Crippen LogP contribution in [-0.2, 0) is 0 Å². The van der Waals surface area contributed by atoms with E-state index in [0.29, 0.717) is 11.8 Å².